The minimum atomic E-state index is -0.629. The van der Waals surface area contributed by atoms with Crippen LogP contribution in [0.4, 0.5) is 4.79 Å². The number of H-pyrrole nitrogens is 1. The number of ketones is 1. The summed E-state index contributed by atoms with van der Waals surface area (Å²) in [6, 6.07) is -0.374. The molecule has 1 aromatic heterocycles. The first-order valence-electron chi connectivity index (χ1n) is 16.1. The van der Waals surface area contributed by atoms with Crippen molar-refractivity contribution in [3.8, 4) is 6.01 Å². The minimum Gasteiger partial charge on any atom is -0.459 e. The van der Waals surface area contributed by atoms with Gasteiger partial charge in [-0.25, -0.2) is 19.6 Å². The van der Waals surface area contributed by atoms with E-state index in [9.17, 15) is 19.6 Å². The molecule has 4 saturated carbocycles. The van der Waals surface area contributed by atoms with Crippen molar-refractivity contribution < 1.29 is 24.1 Å². The second-order valence-electron chi connectivity index (χ2n) is 16.6. The van der Waals surface area contributed by atoms with E-state index in [1.54, 1.807) is 0 Å². The van der Waals surface area contributed by atoms with Crippen molar-refractivity contribution in [3.05, 3.63) is 22.2 Å². The molecule has 0 aromatic carbocycles. The maximum absolute atomic E-state index is 14.6. The van der Waals surface area contributed by atoms with Crippen molar-refractivity contribution in [3.63, 3.8) is 0 Å². The smallest absolute Gasteiger partial charge is 0.441 e. The lowest BCUT2D eigenvalue weighted by atomic mass is 9.33. The van der Waals surface area contributed by atoms with Gasteiger partial charge >= 0.3 is 17.8 Å². The molecule has 0 radical (unpaired) electrons. The molecule has 6 rings (SSSR count). The van der Waals surface area contributed by atoms with Crippen LogP contribution in [0.3, 0.4) is 0 Å². The number of ether oxygens (including phenoxy) is 1. The highest BCUT2D eigenvalue weighted by molar-refractivity contribution is 5.95. The number of carbonyl (C=O) groups is 2. The molecule has 1 aromatic rings. The molecule has 238 valence electrons. The van der Waals surface area contributed by atoms with Gasteiger partial charge in [0.05, 0.1) is 0 Å². The minimum absolute atomic E-state index is 0.0742. The number of aromatic amines is 1. The predicted octanol–water partition coefficient (Wildman–Crippen LogP) is 5.87. The molecule has 0 unspecified atom stereocenters. The number of rotatable bonds is 3. The second-order valence-corrected chi connectivity index (χ2v) is 16.6. The molecule has 10 heteroatoms. The Morgan fingerprint density at radius 1 is 1.05 bits per heavy atom. The maximum Gasteiger partial charge on any atom is 0.441 e. The van der Waals surface area contributed by atoms with Crippen LogP contribution in [-0.4, -0.2) is 50.9 Å². The summed E-state index contributed by atoms with van der Waals surface area (Å²) >= 11 is 0. The molecule has 10 nitrogen and oxygen atoms in total. The largest absolute Gasteiger partial charge is 0.459 e. The maximum atomic E-state index is 14.6. The zero-order valence-electron chi connectivity index (χ0n) is 27.1. The van der Waals surface area contributed by atoms with Gasteiger partial charge in [0.15, 0.2) is 5.78 Å². The molecule has 0 saturated heterocycles. The Morgan fingerprint density at radius 3 is 2.40 bits per heavy atom. The van der Waals surface area contributed by atoms with Gasteiger partial charge in [-0.2, -0.15) is 0 Å². The molecule has 0 spiro atoms. The van der Waals surface area contributed by atoms with Crippen LogP contribution < -0.4 is 15.8 Å². The molecule has 4 fully saturated rings. The Labute approximate surface area is 254 Å². The van der Waals surface area contributed by atoms with E-state index in [0.29, 0.717) is 5.06 Å². The van der Waals surface area contributed by atoms with E-state index in [1.165, 1.54) is 12.6 Å². The van der Waals surface area contributed by atoms with Gasteiger partial charge in [-0.1, -0.05) is 47.1 Å². The topological polar surface area (TPSA) is 138 Å². The van der Waals surface area contributed by atoms with Crippen LogP contribution in [0, 0.1) is 44.8 Å². The molecule has 5 aliphatic carbocycles. The number of carbonyl (C=O) groups excluding carboxylic acids is 2. The van der Waals surface area contributed by atoms with E-state index in [-0.39, 0.29) is 62.7 Å². The fourth-order valence-corrected chi connectivity index (χ4v) is 11.2. The third-order valence-electron chi connectivity index (χ3n) is 13.9. The summed E-state index contributed by atoms with van der Waals surface area (Å²) in [6.07, 6.45) is 10.2. The summed E-state index contributed by atoms with van der Waals surface area (Å²) in [4.78, 5) is 41.2. The van der Waals surface area contributed by atoms with Crippen LogP contribution in [0.1, 0.15) is 106 Å². The number of aromatic nitrogens is 2. The third kappa shape index (κ3) is 4.28. The number of hydroxylamine groups is 2. The number of amides is 2. The van der Waals surface area contributed by atoms with E-state index < -0.39 is 17.3 Å². The van der Waals surface area contributed by atoms with Gasteiger partial charge in [0, 0.05) is 23.9 Å². The molecule has 1 heterocycles. The summed E-state index contributed by atoms with van der Waals surface area (Å²) < 4.78 is 10.9. The highest BCUT2D eigenvalue weighted by atomic mass is 16.6. The van der Waals surface area contributed by atoms with Gasteiger partial charge in [-0.3, -0.25) is 14.5 Å². The first-order chi connectivity index (χ1) is 19.9. The zero-order valence-corrected chi connectivity index (χ0v) is 27.1. The SMILES string of the molecule is CN(O)C(=O)N[C@@]1(C)CC[C@]2(C)CC[C@]3(C)C(=CC(=O)[C@@H]4[C@@]5(C)CC[C@H](Oc6noc(=O)[nH]6)C(C)(C)[C@@H]5CC[C@]43C)[C@@H]2C1. The van der Waals surface area contributed by atoms with Crippen LogP contribution in [0.25, 0.3) is 0 Å². The highest BCUT2D eigenvalue weighted by Crippen LogP contribution is 2.74. The molecule has 0 bridgehead atoms. The van der Waals surface area contributed by atoms with Gasteiger partial charge in [-0.05, 0) is 109 Å². The van der Waals surface area contributed by atoms with Crippen LogP contribution >= 0.6 is 0 Å². The van der Waals surface area contributed by atoms with Crippen molar-refractivity contribution in [2.75, 3.05) is 7.05 Å². The standard InChI is InChI=1S/C33H50N4O6/c1-28(2)22-9-12-33(7)24(31(22,5)11-10-23(28)42-25-34-27(40)43-36-25)21(38)17-19-20-18-30(4,35-26(39)37(8)41)15-13-29(20,3)14-16-32(19,33)6/h17,20,22-24,41H,9-16,18H2,1-8H3,(H,35,39)(H,34,36,40)/t20-,22-,23-,24+,29+,30-,31-,32+,33+/m0/s1. The van der Waals surface area contributed by atoms with Gasteiger partial charge in [0.25, 0.3) is 0 Å². The Kier molecular flexibility index (Phi) is 6.68. The third-order valence-corrected chi connectivity index (χ3v) is 13.9. The van der Waals surface area contributed by atoms with Crippen molar-refractivity contribution in [2.24, 2.45) is 44.8 Å². The number of urea groups is 1. The summed E-state index contributed by atoms with van der Waals surface area (Å²) in [6.45, 7) is 16.1. The molecule has 2 amide bonds. The fraction of sp³-hybridized carbons (Fsp3) is 0.818. The Balaban J connectivity index is 1.35. The zero-order chi connectivity index (χ0) is 31.4. The average Bonchev–Trinajstić information content (AvgIpc) is 3.32. The molecular formula is C33H50N4O6. The first-order valence-corrected chi connectivity index (χ1v) is 16.1. The summed E-state index contributed by atoms with van der Waals surface area (Å²) in [5, 5.41) is 17.2. The predicted molar refractivity (Wildman–Crippen MR) is 159 cm³/mol. The normalized spacial score (nSPS) is 45.0. The summed E-state index contributed by atoms with van der Waals surface area (Å²) in [7, 11) is 1.35. The van der Waals surface area contributed by atoms with E-state index >= 15 is 0 Å². The Hall–Kier alpha value is -2.62. The Bertz CT molecular complexity index is 1410. The fourth-order valence-electron chi connectivity index (χ4n) is 11.2. The lowest BCUT2D eigenvalue weighted by Crippen LogP contribution is -2.67. The Morgan fingerprint density at radius 2 is 1.74 bits per heavy atom. The first kappa shape index (κ1) is 30.4. The number of hydrogen-bond donors (Lipinski definition) is 3. The number of nitrogens with one attached hydrogen (secondary N) is 2. The van der Waals surface area contributed by atoms with Crippen molar-refractivity contribution in [1.82, 2.24) is 20.5 Å². The summed E-state index contributed by atoms with van der Waals surface area (Å²) in [5.74, 6) is -0.0202. The van der Waals surface area contributed by atoms with Gasteiger partial charge in [0.2, 0.25) is 0 Å². The number of hydrogen-bond acceptors (Lipinski definition) is 7. The molecule has 9 atom stereocenters. The average molecular weight is 599 g/mol. The van der Waals surface area contributed by atoms with E-state index in [0.717, 1.165) is 57.8 Å². The van der Waals surface area contributed by atoms with Crippen LogP contribution in [-0.2, 0) is 4.79 Å². The van der Waals surface area contributed by atoms with E-state index in [4.69, 9.17) is 4.74 Å². The van der Waals surface area contributed by atoms with Crippen molar-refractivity contribution in [2.45, 2.75) is 118 Å². The molecule has 3 N–H and O–H groups in total. The van der Waals surface area contributed by atoms with Crippen LogP contribution in [0.2, 0.25) is 0 Å². The van der Waals surface area contributed by atoms with Crippen LogP contribution in [0.5, 0.6) is 6.01 Å². The van der Waals surface area contributed by atoms with E-state index in [1.807, 2.05) is 6.08 Å². The molecule has 5 aliphatic rings. The van der Waals surface area contributed by atoms with Crippen LogP contribution in [0.15, 0.2) is 21.0 Å². The molecule has 43 heavy (non-hydrogen) atoms. The van der Waals surface area contributed by atoms with Gasteiger partial charge in [0.1, 0.15) is 6.10 Å². The number of fused-ring (bicyclic) bond motifs is 7. The number of allylic oxidation sites excluding steroid dienone is 2. The summed E-state index contributed by atoms with van der Waals surface area (Å²) in [5.41, 5.74) is 0.141. The quantitative estimate of drug-likeness (QED) is 0.292. The lowest BCUT2D eigenvalue weighted by Gasteiger charge is -2.70. The van der Waals surface area contributed by atoms with E-state index in [2.05, 4.69) is 68.4 Å². The van der Waals surface area contributed by atoms with Gasteiger partial charge in [-0.15, -0.1) is 0 Å². The highest BCUT2D eigenvalue weighted by Gasteiger charge is 2.70. The molecule has 0 aliphatic heterocycles. The van der Waals surface area contributed by atoms with Crippen molar-refractivity contribution >= 4 is 11.8 Å². The van der Waals surface area contributed by atoms with Gasteiger partial charge < -0.3 is 10.1 Å². The monoisotopic (exact) mass is 598 g/mol. The number of nitrogens with zero attached hydrogens (tertiary/aromatic N) is 2. The molecular weight excluding hydrogens is 548 g/mol. The van der Waals surface area contributed by atoms with Crippen molar-refractivity contribution in [1.29, 1.82) is 0 Å². The second kappa shape index (κ2) is 9.44. The lowest BCUT2D eigenvalue weighted by molar-refractivity contribution is -0.199.